The number of hydrogen-bond acceptors (Lipinski definition) is 6. The van der Waals surface area contributed by atoms with Crippen LogP contribution in [0.4, 0.5) is 0 Å². The number of esters is 1. The minimum atomic E-state index is -0.465. The van der Waals surface area contributed by atoms with Crippen molar-refractivity contribution in [2.45, 2.75) is 20.4 Å². The van der Waals surface area contributed by atoms with Crippen LogP contribution >= 0.6 is 23.1 Å². The second kappa shape index (κ2) is 7.65. The monoisotopic (exact) mass is 353 g/mol. The van der Waals surface area contributed by atoms with Crippen molar-refractivity contribution in [1.29, 1.82) is 0 Å². The molecule has 2 heterocycles. The van der Waals surface area contributed by atoms with Crippen molar-refractivity contribution in [3.05, 3.63) is 27.7 Å². The summed E-state index contributed by atoms with van der Waals surface area (Å²) in [4.78, 5) is 27.7. The molecule has 124 valence electrons. The zero-order valence-corrected chi connectivity index (χ0v) is 14.9. The quantitative estimate of drug-likeness (QED) is 0.773. The lowest BCUT2D eigenvalue weighted by Gasteiger charge is -2.09. The molecule has 6 nitrogen and oxygen atoms in total. The SMILES string of the molecule is CCOC(=O)c1nc(-c2cc(C(N)=O)c(C)n2CCSC)cs1. The Morgan fingerprint density at radius 2 is 2.22 bits per heavy atom. The van der Waals surface area contributed by atoms with E-state index in [1.165, 1.54) is 11.3 Å². The fraction of sp³-hybridized carbons (Fsp3) is 0.400. The van der Waals surface area contributed by atoms with Gasteiger partial charge >= 0.3 is 5.97 Å². The van der Waals surface area contributed by atoms with Gasteiger partial charge < -0.3 is 15.0 Å². The highest BCUT2D eigenvalue weighted by atomic mass is 32.2. The first-order chi connectivity index (χ1) is 11.0. The molecular formula is C15H19N3O3S2. The Balaban J connectivity index is 2.43. The molecule has 0 saturated heterocycles. The first-order valence-electron chi connectivity index (χ1n) is 7.11. The van der Waals surface area contributed by atoms with Gasteiger partial charge in [-0.15, -0.1) is 11.3 Å². The average molecular weight is 353 g/mol. The Hall–Kier alpha value is -1.80. The number of primary amides is 1. The number of rotatable bonds is 7. The number of nitrogens with zero attached hydrogens (tertiary/aromatic N) is 2. The van der Waals surface area contributed by atoms with E-state index in [0.717, 1.165) is 23.7 Å². The van der Waals surface area contributed by atoms with Crippen LogP contribution in [0.3, 0.4) is 0 Å². The Morgan fingerprint density at radius 1 is 1.48 bits per heavy atom. The van der Waals surface area contributed by atoms with E-state index < -0.39 is 11.9 Å². The smallest absolute Gasteiger partial charge is 0.367 e. The van der Waals surface area contributed by atoms with Crippen LogP contribution in [0.15, 0.2) is 11.4 Å². The summed E-state index contributed by atoms with van der Waals surface area (Å²) in [6, 6.07) is 1.74. The number of carbonyl (C=O) groups is 2. The molecular weight excluding hydrogens is 334 g/mol. The molecule has 2 rings (SSSR count). The molecule has 8 heteroatoms. The summed E-state index contributed by atoms with van der Waals surface area (Å²) in [6.07, 6.45) is 2.02. The molecule has 0 spiro atoms. The first kappa shape index (κ1) is 17.6. The molecule has 0 radical (unpaired) electrons. The Morgan fingerprint density at radius 3 is 2.83 bits per heavy atom. The standard InChI is InChI=1S/C15H19N3O3S2/c1-4-21-15(20)14-17-11(8-23-14)12-7-10(13(16)19)9(2)18(12)5-6-22-3/h7-8H,4-6H2,1-3H3,(H2,16,19). The zero-order valence-electron chi connectivity index (χ0n) is 13.3. The first-order valence-corrected chi connectivity index (χ1v) is 9.38. The van der Waals surface area contributed by atoms with Crippen molar-refractivity contribution in [1.82, 2.24) is 9.55 Å². The minimum absolute atomic E-state index is 0.303. The average Bonchev–Trinajstić information content (AvgIpc) is 3.10. The van der Waals surface area contributed by atoms with E-state index in [-0.39, 0.29) is 0 Å². The van der Waals surface area contributed by atoms with Crippen LogP contribution in [-0.4, -0.2) is 40.0 Å². The van der Waals surface area contributed by atoms with Crippen LogP contribution in [0.1, 0.15) is 32.8 Å². The number of nitrogens with two attached hydrogens (primary N) is 1. The van der Waals surface area contributed by atoms with Crippen molar-refractivity contribution >= 4 is 35.0 Å². The van der Waals surface area contributed by atoms with Gasteiger partial charge in [-0.1, -0.05) is 0 Å². The zero-order chi connectivity index (χ0) is 17.0. The van der Waals surface area contributed by atoms with Crippen molar-refractivity contribution in [3.63, 3.8) is 0 Å². The number of thiazole rings is 1. The maximum atomic E-state index is 11.8. The third kappa shape index (κ3) is 3.76. The molecule has 0 aliphatic heterocycles. The summed E-state index contributed by atoms with van der Waals surface area (Å²) in [5.41, 5.74) is 8.17. The third-order valence-corrected chi connectivity index (χ3v) is 4.78. The van der Waals surface area contributed by atoms with Crippen LogP contribution < -0.4 is 5.73 Å². The predicted octanol–water partition coefficient (Wildman–Crippen LogP) is 2.56. The summed E-state index contributed by atoms with van der Waals surface area (Å²) in [6.45, 7) is 4.66. The van der Waals surface area contributed by atoms with Crippen molar-refractivity contribution < 1.29 is 14.3 Å². The summed E-state index contributed by atoms with van der Waals surface area (Å²) in [7, 11) is 0. The van der Waals surface area contributed by atoms with Crippen molar-refractivity contribution in [2.24, 2.45) is 5.73 Å². The van der Waals surface area contributed by atoms with Gasteiger partial charge in [0.05, 0.1) is 23.6 Å². The van der Waals surface area contributed by atoms with E-state index in [2.05, 4.69) is 4.98 Å². The summed E-state index contributed by atoms with van der Waals surface area (Å²) in [5.74, 6) is 0.000548. The van der Waals surface area contributed by atoms with E-state index in [9.17, 15) is 9.59 Å². The van der Waals surface area contributed by atoms with Gasteiger partial charge in [-0.3, -0.25) is 4.79 Å². The van der Waals surface area contributed by atoms with E-state index in [1.807, 2.05) is 17.7 Å². The molecule has 0 atom stereocenters. The van der Waals surface area contributed by atoms with Crippen LogP contribution in [0.2, 0.25) is 0 Å². The molecule has 2 aromatic heterocycles. The van der Waals surface area contributed by atoms with Crippen LogP contribution in [0.5, 0.6) is 0 Å². The molecule has 0 aliphatic carbocycles. The largest absolute Gasteiger partial charge is 0.461 e. The fourth-order valence-corrected chi connectivity index (χ4v) is 3.32. The van der Waals surface area contributed by atoms with Gasteiger partial charge in [0.25, 0.3) is 5.91 Å². The number of amides is 1. The second-order valence-electron chi connectivity index (χ2n) is 4.80. The van der Waals surface area contributed by atoms with Gasteiger partial charge in [-0.2, -0.15) is 11.8 Å². The van der Waals surface area contributed by atoms with E-state index >= 15 is 0 Å². The number of carbonyl (C=O) groups excluding carboxylic acids is 2. The second-order valence-corrected chi connectivity index (χ2v) is 6.64. The Bertz CT molecular complexity index is 722. The van der Waals surface area contributed by atoms with E-state index in [4.69, 9.17) is 10.5 Å². The summed E-state index contributed by atoms with van der Waals surface area (Å²) < 4.78 is 6.98. The number of thioether (sulfide) groups is 1. The maximum Gasteiger partial charge on any atom is 0.367 e. The topological polar surface area (TPSA) is 87.2 Å². The third-order valence-electron chi connectivity index (χ3n) is 3.37. The molecule has 2 aromatic rings. The summed E-state index contributed by atoms with van der Waals surface area (Å²) in [5, 5.41) is 2.10. The van der Waals surface area contributed by atoms with Crippen LogP contribution in [-0.2, 0) is 11.3 Å². The van der Waals surface area contributed by atoms with Gasteiger partial charge in [0.2, 0.25) is 5.01 Å². The van der Waals surface area contributed by atoms with E-state index in [0.29, 0.717) is 22.9 Å². The summed E-state index contributed by atoms with van der Waals surface area (Å²) >= 11 is 2.94. The molecule has 23 heavy (non-hydrogen) atoms. The van der Waals surface area contributed by atoms with Crippen LogP contribution in [0, 0.1) is 6.92 Å². The molecule has 0 aromatic carbocycles. The fourth-order valence-electron chi connectivity index (χ4n) is 2.26. The normalized spacial score (nSPS) is 10.7. The molecule has 0 fully saturated rings. The maximum absolute atomic E-state index is 11.8. The van der Waals surface area contributed by atoms with Gasteiger partial charge in [0.1, 0.15) is 0 Å². The lowest BCUT2D eigenvalue weighted by atomic mass is 10.2. The highest BCUT2D eigenvalue weighted by Gasteiger charge is 2.20. The molecule has 0 saturated carbocycles. The molecule has 0 bridgehead atoms. The Kier molecular flexibility index (Phi) is 5.84. The predicted molar refractivity (Wildman–Crippen MR) is 93.1 cm³/mol. The van der Waals surface area contributed by atoms with Gasteiger partial charge in [-0.25, -0.2) is 9.78 Å². The van der Waals surface area contributed by atoms with Gasteiger partial charge in [0.15, 0.2) is 0 Å². The lowest BCUT2D eigenvalue weighted by Crippen LogP contribution is -2.13. The highest BCUT2D eigenvalue weighted by Crippen LogP contribution is 2.27. The van der Waals surface area contributed by atoms with Crippen molar-refractivity contribution in [2.75, 3.05) is 18.6 Å². The minimum Gasteiger partial charge on any atom is -0.461 e. The molecule has 0 unspecified atom stereocenters. The Labute approximate surface area is 143 Å². The van der Waals surface area contributed by atoms with Gasteiger partial charge in [-0.05, 0) is 26.2 Å². The van der Waals surface area contributed by atoms with Gasteiger partial charge in [0, 0.05) is 23.4 Å². The van der Waals surface area contributed by atoms with Crippen molar-refractivity contribution in [3.8, 4) is 11.4 Å². The number of hydrogen-bond donors (Lipinski definition) is 1. The van der Waals surface area contributed by atoms with Crippen LogP contribution in [0.25, 0.3) is 11.4 Å². The molecule has 0 aliphatic rings. The number of ether oxygens (including phenoxy) is 1. The highest BCUT2D eigenvalue weighted by molar-refractivity contribution is 7.98. The number of aromatic nitrogens is 2. The lowest BCUT2D eigenvalue weighted by molar-refractivity contribution is 0.0526. The van der Waals surface area contributed by atoms with E-state index in [1.54, 1.807) is 30.1 Å². The molecule has 2 N–H and O–H groups in total. The molecule has 1 amide bonds.